The number of aromatic hydroxyl groups is 1. The van der Waals surface area contributed by atoms with Crippen molar-refractivity contribution in [2.75, 3.05) is 41.9 Å². The molecule has 0 amide bonds. The number of phenolic OH excluding ortho intramolecular Hbond substituents is 1. The standard InChI is InChI=1S/C20H18BrN9O6/c21-16-10-15(30(34)35)8-12(17(16)31)11-22-27-19-24-18(23-13-2-1-3-14(9-13)29(32)33)25-20(26-19)28-4-6-36-7-5-28/h1-3,8-11,31H,4-7H2,(H2,23,24,25,26,27)/b22-11-. The van der Waals surface area contributed by atoms with E-state index in [0.717, 1.165) is 6.07 Å². The van der Waals surface area contributed by atoms with Crippen LogP contribution in [0.5, 0.6) is 5.75 Å². The van der Waals surface area contributed by atoms with E-state index >= 15 is 0 Å². The number of phenols is 1. The molecule has 0 spiro atoms. The summed E-state index contributed by atoms with van der Waals surface area (Å²) in [5.41, 5.74) is 2.77. The fourth-order valence-electron chi connectivity index (χ4n) is 3.17. The number of aromatic nitrogens is 3. The van der Waals surface area contributed by atoms with E-state index < -0.39 is 9.85 Å². The number of rotatable bonds is 8. The highest BCUT2D eigenvalue weighted by atomic mass is 79.9. The predicted octanol–water partition coefficient (Wildman–Crippen LogP) is 3.18. The van der Waals surface area contributed by atoms with Crippen LogP contribution in [0.4, 0.5) is 34.9 Å². The largest absolute Gasteiger partial charge is 0.506 e. The molecule has 1 saturated heterocycles. The van der Waals surface area contributed by atoms with Crippen molar-refractivity contribution in [3.05, 3.63) is 66.7 Å². The number of halogens is 1. The van der Waals surface area contributed by atoms with Crippen molar-refractivity contribution in [1.29, 1.82) is 0 Å². The van der Waals surface area contributed by atoms with Crippen molar-refractivity contribution in [3.8, 4) is 5.75 Å². The number of morpholine rings is 1. The molecule has 0 bridgehead atoms. The van der Waals surface area contributed by atoms with E-state index in [9.17, 15) is 25.3 Å². The number of hydrogen-bond donors (Lipinski definition) is 3. The Balaban J connectivity index is 1.62. The molecule has 36 heavy (non-hydrogen) atoms. The minimum absolute atomic E-state index is 0.0275. The molecule has 1 aromatic heterocycles. The van der Waals surface area contributed by atoms with Gasteiger partial charge in [-0.3, -0.25) is 20.2 Å². The maximum atomic E-state index is 11.1. The molecule has 0 saturated carbocycles. The molecule has 0 atom stereocenters. The number of non-ortho nitro benzene ring substituents is 2. The molecule has 2 aromatic carbocycles. The van der Waals surface area contributed by atoms with Gasteiger partial charge in [0, 0.05) is 48.6 Å². The zero-order valence-corrected chi connectivity index (χ0v) is 20.0. The maximum absolute atomic E-state index is 11.1. The van der Waals surface area contributed by atoms with Crippen LogP contribution in [0.25, 0.3) is 0 Å². The molecular weight excluding hydrogens is 542 g/mol. The Morgan fingerprint density at radius 1 is 1.06 bits per heavy atom. The Kier molecular flexibility index (Phi) is 7.45. The Labute approximate surface area is 211 Å². The van der Waals surface area contributed by atoms with E-state index in [4.69, 9.17) is 4.74 Å². The predicted molar refractivity (Wildman–Crippen MR) is 133 cm³/mol. The lowest BCUT2D eigenvalue weighted by atomic mass is 10.2. The highest BCUT2D eigenvalue weighted by molar-refractivity contribution is 9.10. The molecule has 1 aliphatic rings. The van der Waals surface area contributed by atoms with Gasteiger partial charge in [0.1, 0.15) is 5.75 Å². The fourth-order valence-corrected chi connectivity index (χ4v) is 3.63. The number of nitro benzene ring substituents is 2. The summed E-state index contributed by atoms with van der Waals surface area (Å²) >= 11 is 3.08. The van der Waals surface area contributed by atoms with Gasteiger partial charge in [-0.1, -0.05) is 6.07 Å². The van der Waals surface area contributed by atoms with Crippen LogP contribution in [-0.2, 0) is 4.74 Å². The molecule has 0 aliphatic carbocycles. The van der Waals surface area contributed by atoms with E-state index in [1.54, 1.807) is 6.07 Å². The molecule has 1 aliphatic heterocycles. The van der Waals surface area contributed by atoms with Gasteiger partial charge in [-0.25, -0.2) is 5.43 Å². The minimum atomic E-state index is -0.596. The second kappa shape index (κ2) is 10.9. The van der Waals surface area contributed by atoms with E-state index in [1.165, 1.54) is 30.5 Å². The lowest BCUT2D eigenvalue weighted by molar-refractivity contribution is -0.385. The van der Waals surface area contributed by atoms with E-state index in [0.29, 0.717) is 37.9 Å². The lowest BCUT2D eigenvalue weighted by Crippen LogP contribution is -2.37. The van der Waals surface area contributed by atoms with Gasteiger partial charge in [0.2, 0.25) is 17.8 Å². The molecule has 1 fully saturated rings. The molecule has 3 aromatic rings. The maximum Gasteiger partial charge on any atom is 0.271 e. The molecule has 2 heterocycles. The summed E-state index contributed by atoms with van der Waals surface area (Å²) in [6.45, 7) is 2.06. The molecule has 4 rings (SSSR count). The van der Waals surface area contributed by atoms with Gasteiger partial charge in [-0.05, 0) is 22.0 Å². The van der Waals surface area contributed by atoms with Gasteiger partial charge in [0.15, 0.2) is 0 Å². The number of hydrogen-bond acceptors (Lipinski definition) is 13. The van der Waals surface area contributed by atoms with Gasteiger partial charge in [0.25, 0.3) is 11.4 Å². The quantitative estimate of drug-likeness (QED) is 0.207. The number of nitro groups is 2. The lowest BCUT2D eigenvalue weighted by Gasteiger charge is -2.27. The van der Waals surface area contributed by atoms with Crippen molar-refractivity contribution in [1.82, 2.24) is 15.0 Å². The van der Waals surface area contributed by atoms with E-state index in [-0.39, 0.29) is 39.1 Å². The average Bonchev–Trinajstić information content (AvgIpc) is 2.87. The van der Waals surface area contributed by atoms with Crippen LogP contribution >= 0.6 is 15.9 Å². The van der Waals surface area contributed by atoms with Crippen LogP contribution in [0.1, 0.15) is 5.56 Å². The third-order valence-electron chi connectivity index (χ3n) is 4.89. The first-order valence-electron chi connectivity index (χ1n) is 10.4. The molecule has 186 valence electrons. The summed E-state index contributed by atoms with van der Waals surface area (Å²) < 4.78 is 5.50. The number of benzene rings is 2. The summed E-state index contributed by atoms with van der Waals surface area (Å²) in [6, 6.07) is 8.18. The zero-order valence-electron chi connectivity index (χ0n) is 18.4. The number of anilines is 4. The topological polar surface area (TPSA) is 194 Å². The van der Waals surface area contributed by atoms with Crippen molar-refractivity contribution in [2.24, 2.45) is 5.10 Å². The monoisotopic (exact) mass is 559 g/mol. The molecule has 3 N–H and O–H groups in total. The molecule has 0 radical (unpaired) electrons. The SMILES string of the molecule is O=[N+]([O-])c1cccc(Nc2nc(N/N=C\c3cc([N+](=O)[O-])cc(Br)c3O)nc(N3CCOCC3)n2)c1. The van der Waals surface area contributed by atoms with Gasteiger partial charge in [-0.2, -0.15) is 20.1 Å². The normalized spacial score (nSPS) is 13.5. The molecule has 0 unspecified atom stereocenters. The first-order chi connectivity index (χ1) is 17.3. The fraction of sp³-hybridized carbons (Fsp3) is 0.200. The number of nitrogens with one attached hydrogen (secondary N) is 2. The number of ether oxygens (including phenoxy) is 1. The second-order valence-corrected chi connectivity index (χ2v) is 8.16. The second-order valence-electron chi connectivity index (χ2n) is 7.31. The van der Waals surface area contributed by atoms with Crippen LogP contribution in [0.3, 0.4) is 0 Å². The Morgan fingerprint density at radius 2 is 1.78 bits per heavy atom. The average molecular weight is 560 g/mol. The van der Waals surface area contributed by atoms with Crippen molar-refractivity contribution in [2.45, 2.75) is 0 Å². The molecule has 15 nitrogen and oxygen atoms in total. The van der Waals surface area contributed by atoms with Gasteiger partial charge >= 0.3 is 0 Å². The Morgan fingerprint density at radius 3 is 2.50 bits per heavy atom. The first kappa shape index (κ1) is 24.7. The van der Waals surface area contributed by atoms with Gasteiger partial charge in [-0.15, -0.1) is 0 Å². The van der Waals surface area contributed by atoms with Crippen molar-refractivity contribution < 1.29 is 19.7 Å². The van der Waals surface area contributed by atoms with Gasteiger partial charge in [0.05, 0.1) is 33.7 Å². The smallest absolute Gasteiger partial charge is 0.271 e. The number of nitrogens with zero attached hydrogens (tertiary/aromatic N) is 7. The highest BCUT2D eigenvalue weighted by Crippen LogP contribution is 2.31. The summed E-state index contributed by atoms with van der Waals surface area (Å²) in [4.78, 5) is 36.0. The number of hydrazone groups is 1. The molecular formula is C20H18BrN9O6. The zero-order chi connectivity index (χ0) is 25.7. The summed E-state index contributed by atoms with van der Waals surface area (Å²) in [5.74, 6) is 0.217. The van der Waals surface area contributed by atoms with Crippen molar-refractivity contribution in [3.63, 3.8) is 0 Å². The van der Waals surface area contributed by atoms with Crippen LogP contribution in [0.2, 0.25) is 0 Å². The third-order valence-corrected chi connectivity index (χ3v) is 5.49. The van der Waals surface area contributed by atoms with Crippen LogP contribution in [0.15, 0.2) is 46.0 Å². The van der Waals surface area contributed by atoms with Crippen molar-refractivity contribution >= 4 is 57.1 Å². The van der Waals surface area contributed by atoms with Crippen LogP contribution < -0.4 is 15.6 Å². The highest BCUT2D eigenvalue weighted by Gasteiger charge is 2.18. The van der Waals surface area contributed by atoms with Crippen LogP contribution in [0, 0.1) is 20.2 Å². The Bertz CT molecular complexity index is 1330. The Hall–Kier alpha value is -4.44. The minimum Gasteiger partial charge on any atom is -0.506 e. The summed E-state index contributed by atoms with van der Waals surface area (Å²) in [7, 11) is 0. The summed E-state index contributed by atoms with van der Waals surface area (Å²) in [6.07, 6.45) is 1.18. The summed E-state index contributed by atoms with van der Waals surface area (Å²) in [5, 5.41) is 39.3. The first-order valence-corrected chi connectivity index (χ1v) is 11.2. The van der Waals surface area contributed by atoms with Crippen LogP contribution in [-0.4, -0.2) is 62.4 Å². The van der Waals surface area contributed by atoms with E-state index in [2.05, 4.69) is 46.7 Å². The third kappa shape index (κ3) is 5.97. The molecule has 16 heteroatoms. The van der Waals surface area contributed by atoms with Gasteiger partial charge < -0.3 is 20.1 Å². The van der Waals surface area contributed by atoms with E-state index in [1.807, 2.05) is 4.90 Å².